The Balaban J connectivity index is 4.20. The summed E-state index contributed by atoms with van der Waals surface area (Å²) in [5, 5.41) is 10.4. The molecule has 0 unspecified atom stereocenters. The van der Waals surface area contributed by atoms with E-state index in [1.54, 1.807) is 0 Å². The summed E-state index contributed by atoms with van der Waals surface area (Å²) in [6.07, 6.45) is 3.99. The molecule has 0 aromatic carbocycles. The van der Waals surface area contributed by atoms with Gasteiger partial charge in [-0.3, -0.25) is 15.1 Å². The zero-order valence-electron chi connectivity index (χ0n) is 7.99. The molecule has 0 saturated carbocycles. The first-order chi connectivity index (χ1) is 5.88. The standard InChI is InChI=1S/C9H14BrNO2/c1-9(2,3)11(13)7-5-8(12)4-6-10/h4-7,13H,1-3H3/b6-4+,7-5+. The monoisotopic (exact) mass is 247 g/mol. The molecule has 74 valence electrons. The van der Waals surface area contributed by atoms with E-state index in [-0.39, 0.29) is 5.78 Å². The minimum Gasteiger partial charge on any atom is -0.290 e. The van der Waals surface area contributed by atoms with E-state index in [0.717, 1.165) is 5.06 Å². The van der Waals surface area contributed by atoms with Crippen molar-refractivity contribution in [3.8, 4) is 0 Å². The van der Waals surface area contributed by atoms with Gasteiger partial charge < -0.3 is 0 Å². The number of allylic oxidation sites excluding steroid dienone is 2. The number of halogens is 1. The Labute approximate surface area is 86.8 Å². The molecule has 0 aromatic heterocycles. The molecule has 0 saturated heterocycles. The van der Waals surface area contributed by atoms with Crippen LogP contribution in [0.2, 0.25) is 0 Å². The molecule has 0 aromatic rings. The van der Waals surface area contributed by atoms with Crippen LogP contribution in [0.25, 0.3) is 0 Å². The van der Waals surface area contributed by atoms with E-state index in [1.807, 2.05) is 20.8 Å². The highest BCUT2D eigenvalue weighted by Crippen LogP contribution is 2.09. The molecule has 0 rings (SSSR count). The van der Waals surface area contributed by atoms with Crippen LogP contribution in [0.15, 0.2) is 23.3 Å². The Kier molecular flexibility index (Phi) is 4.95. The topological polar surface area (TPSA) is 40.5 Å². The number of nitrogens with zero attached hydrogens (tertiary/aromatic N) is 1. The molecule has 0 bridgehead atoms. The fraction of sp³-hybridized carbons (Fsp3) is 0.444. The number of hydrogen-bond acceptors (Lipinski definition) is 3. The van der Waals surface area contributed by atoms with E-state index in [1.165, 1.54) is 23.3 Å². The van der Waals surface area contributed by atoms with E-state index in [2.05, 4.69) is 15.9 Å². The lowest BCUT2D eigenvalue weighted by atomic mass is 10.1. The third-order valence-corrected chi connectivity index (χ3v) is 1.56. The predicted octanol–water partition coefficient (Wildman–Crippen LogP) is 2.47. The molecule has 4 heteroatoms. The van der Waals surface area contributed by atoms with Crippen LogP contribution in [0.4, 0.5) is 0 Å². The lowest BCUT2D eigenvalue weighted by Crippen LogP contribution is -2.34. The van der Waals surface area contributed by atoms with Crippen LogP contribution < -0.4 is 0 Å². The van der Waals surface area contributed by atoms with Gasteiger partial charge in [-0.15, -0.1) is 0 Å². The molecule has 0 spiro atoms. The Morgan fingerprint density at radius 3 is 2.31 bits per heavy atom. The molecule has 1 N–H and O–H groups in total. The van der Waals surface area contributed by atoms with Gasteiger partial charge in [-0.1, -0.05) is 15.9 Å². The molecule has 0 fully saturated rings. The second-order valence-corrected chi connectivity index (χ2v) is 4.05. The highest BCUT2D eigenvalue weighted by molar-refractivity contribution is 9.11. The summed E-state index contributed by atoms with van der Waals surface area (Å²) in [6, 6.07) is 0. The first-order valence-corrected chi connectivity index (χ1v) is 4.76. The van der Waals surface area contributed by atoms with Gasteiger partial charge in [0.25, 0.3) is 0 Å². The molecular formula is C9H14BrNO2. The highest BCUT2D eigenvalue weighted by Gasteiger charge is 2.15. The number of hydroxylamine groups is 2. The van der Waals surface area contributed by atoms with Crippen LogP contribution in [0, 0.1) is 0 Å². The number of rotatable bonds is 3. The highest BCUT2D eigenvalue weighted by atomic mass is 79.9. The molecule has 0 aliphatic rings. The molecule has 0 amide bonds. The zero-order valence-corrected chi connectivity index (χ0v) is 9.58. The lowest BCUT2D eigenvalue weighted by Gasteiger charge is -2.27. The summed E-state index contributed by atoms with van der Waals surface area (Å²) in [6.45, 7) is 5.51. The lowest BCUT2D eigenvalue weighted by molar-refractivity contribution is -0.115. The van der Waals surface area contributed by atoms with Crippen molar-refractivity contribution >= 4 is 21.7 Å². The van der Waals surface area contributed by atoms with Gasteiger partial charge >= 0.3 is 0 Å². The van der Waals surface area contributed by atoms with Gasteiger partial charge in [0, 0.05) is 12.3 Å². The van der Waals surface area contributed by atoms with Crippen molar-refractivity contribution in [1.82, 2.24) is 5.06 Å². The maximum Gasteiger partial charge on any atom is 0.180 e. The quantitative estimate of drug-likeness (QED) is 0.616. The Morgan fingerprint density at radius 1 is 1.38 bits per heavy atom. The molecule has 13 heavy (non-hydrogen) atoms. The van der Waals surface area contributed by atoms with Crippen LogP contribution >= 0.6 is 15.9 Å². The third-order valence-electron chi connectivity index (χ3n) is 1.29. The average molecular weight is 248 g/mol. The Hall–Kier alpha value is -0.610. The zero-order chi connectivity index (χ0) is 10.5. The normalized spacial score (nSPS) is 12.7. The van der Waals surface area contributed by atoms with Gasteiger partial charge in [0.15, 0.2) is 5.78 Å². The maximum atomic E-state index is 10.9. The summed E-state index contributed by atoms with van der Waals surface area (Å²) in [7, 11) is 0. The molecule has 0 atom stereocenters. The number of carbonyl (C=O) groups excluding carboxylic acids is 1. The van der Waals surface area contributed by atoms with Crippen molar-refractivity contribution in [3.05, 3.63) is 23.3 Å². The first-order valence-electron chi connectivity index (χ1n) is 3.85. The third kappa shape index (κ3) is 5.60. The van der Waals surface area contributed by atoms with Gasteiger partial charge in [-0.2, -0.15) is 0 Å². The van der Waals surface area contributed by atoms with E-state index >= 15 is 0 Å². The van der Waals surface area contributed by atoms with Crippen molar-refractivity contribution < 1.29 is 10.0 Å². The van der Waals surface area contributed by atoms with Crippen molar-refractivity contribution in [2.75, 3.05) is 0 Å². The van der Waals surface area contributed by atoms with Gasteiger partial charge in [-0.05, 0) is 31.8 Å². The van der Waals surface area contributed by atoms with Crippen molar-refractivity contribution in [2.45, 2.75) is 26.3 Å². The summed E-state index contributed by atoms with van der Waals surface area (Å²) in [4.78, 5) is 12.4. The van der Waals surface area contributed by atoms with Gasteiger partial charge in [0.1, 0.15) is 0 Å². The molecule has 3 nitrogen and oxygen atoms in total. The predicted molar refractivity (Wildman–Crippen MR) is 55.6 cm³/mol. The van der Waals surface area contributed by atoms with E-state index in [4.69, 9.17) is 0 Å². The Bertz CT molecular complexity index is 228. The van der Waals surface area contributed by atoms with E-state index in [0.29, 0.717) is 0 Å². The minimum atomic E-state index is -0.394. The van der Waals surface area contributed by atoms with Crippen LogP contribution in [-0.2, 0) is 4.79 Å². The van der Waals surface area contributed by atoms with Crippen LogP contribution in [0.5, 0.6) is 0 Å². The Morgan fingerprint density at radius 2 is 1.92 bits per heavy atom. The second-order valence-electron chi connectivity index (χ2n) is 3.53. The van der Waals surface area contributed by atoms with Crippen molar-refractivity contribution in [1.29, 1.82) is 0 Å². The van der Waals surface area contributed by atoms with Crippen LogP contribution in [0.1, 0.15) is 20.8 Å². The van der Waals surface area contributed by atoms with E-state index < -0.39 is 5.54 Å². The summed E-state index contributed by atoms with van der Waals surface area (Å²) in [5.74, 6) is -0.180. The molecule has 0 heterocycles. The first kappa shape index (κ1) is 12.4. The number of ketones is 1. The molecular weight excluding hydrogens is 234 g/mol. The van der Waals surface area contributed by atoms with E-state index in [9.17, 15) is 10.0 Å². The van der Waals surface area contributed by atoms with Crippen molar-refractivity contribution in [2.24, 2.45) is 0 Å². The van der Waals surface area contributed by atoms with Gasteiger partial charge in [0.05, 0.1) is 5.54 Å². The van der Waals surface area contributed by atoms with Crippen LogP contribution in [-0.4, -0.2) is 21.6 Å². The number of carbonyl (C=O) groups is 1. The smallest absolute Gasteiger partial charge is 0.180 e. The second kappa shape index (κ2) is 5.19. The van der Waals surface area contributed by atoms with Crippen LogP contribution in [0.3, 0.4) is 0 Å². The number of hydrogen-bond donors (Lipinski definition) is 1. The summed E-state index contributed by atoms with van der Waals surface area (Å²) in [5.41, 5.74) is -0.394. The van der Waals surface area contributed by atoms with Gasteiger partial charge in [-0.25, -0.2) is 0 Å². The van der Waals surface area contributed by atoms with Crippen molar-refractivity contribution in [3.63, 3.8) is 0 Å². The summed E-state index contributed by atoms with van der Waals surface area (Å²) < 4.78 is 0. The maximum absolute atomic E-state index is 10.9. The average Bonchev–Trinajstić information content (AvgIpc) is 1.99. The molecule has 0 aliphatic carbocycles. The fourth-order valence-electron chi connectivity index (χ4n) is 0.485. The fourth-order valence-corrected chi connectivity index (χ4v) is 0.746. The molecule has 0 radical (unpaired) electrons. The van der Waals surface area contributed by atoms with Gasteiger partial charge in [0.2, 0.25) is 0 Å². The largest absolute Gasteiger partial charge is 0.290 e. The minimum absolute atomic E-state index is 0.180. The SMILES string of the molecule is CC(C)(C)N(O)/C=C/C(=O)/C=C/Br. The summed E-state index contributed by atoms with van der Waals surface area (Å²) >= 11 is 2.99. The molecule has 0 aliphatic heterocycles.